The number of carbonyl (C=O) groups is 2. The second-order valence-corrected chi connectivity index (χ2v) is 5.82. The molecule has 0 radical (unpaired) electrons. The van der Waals surface area contributed by atoms with E-state index in [2.05, 4.69) is 0 Å². The Bertz CT molecular complexity index is 633. The number of methoxy groups -OCH3 is 1. The van der Waals surface area contributed by atoms with Gasteiger partial charge in [-0.3, -0.25) is 19.7 Å². The number of nitro benzene ring substituents is 1. The van der Waals surface area contributed by atoms with Crippen molar-refractivity contribution in [1.82, 2.24) is 4.90 Å². The van der Waals surface area contributed by atoms with Gasteiger partial charge in [0, 0.05) is 38.2 Å². The van der Waals surface area contributed by atoms with Crippen molar-refractivity contribution in [1.29, 1.82) is 0 Å². The molecule has 0 aliphatic carbocycles. The molecule has 8 heteroatoms. The molecule has 1 aromatic rings. The van der Waals surface area contributed by atoms with Crippen LogP contribution < -0.4 is 0 Å². The van der Waals surface area contributed by atoms with E-state index in [0.717, 1.165) is 0 Å². The minimum absolute atomic E-state index is 0.00989. The van der Waals surface area contributed by atoms with Crippen LogP contribution in [0.1, 0.15) is 24.8 Å². The minimum atomic E-state index is -0.951. The van der Waals surface area contributed by atoms with Gasteiger partial charge in [-0.1, -0.05) is 12.1 Å². The SMILES string of the molecule is COC1CC(CC(=O)O)N(C(=O)CCc2cccc([N+](=O)[O-])c2)C1. The largest absolute Gasteiger partial charge is 0.481 e. The molecule has 1 aromatic carbocycles. The summed E-state index contributed by atoms with van der Waals surface area (Å²) in [7, 11) is 1.54. The summed E-state index contributed by atoms with van der Waals surface area (Å²) in [6, 6.07) is 5.80. The van der Waals surface area contributed by atoms with Crippen LogP contribution in [0.2, 0.25) is 0 Å². The summed E-state index contributed by atoms with van der Waals surface area (Å²) >= 11 is 0. The molecular formula is C16H20N2O6. The normalized spacial score (nSPS) is 20.1. The van der Waals surface area contributed by atoms with Gasteiger partial charge >= 0.3 is 5.97 Å². The van der Waals surface area contributed by atoms with Crippen molar-refractivity contribution in [3.63, 3.8) is 0 Å². The maximum atomic E-state index is 12.4. The molecule has 2 atom stereocenters. The average Bonchev–Trinajstić information content (AvgIpc) is 2.95. The van der Waals surface area contributed by atoms with Crippen LogP contribution in [-0.4, -0.2) is 52.6 Å². The smallest absolute Gasteiger partial charge is 0.305 e. The second-order valence-electron chi connectivity index (χ2n) is 5.82. The van der Waals surface area contributed by atoms with Crippen LogP contribution in [0.25, 0.3) is 0 Å². The quantitative estimate of drug-likeness (QED) is 0.598. The van der Waals surface area contributed by atoms with Crippen LogP contribution in [0.15, 0.2) is 24.3 Å². The number of carboxylic acids is 1. The van der Waals surface area contributed by atoms with E-state index in [1.54, 1.807) is 24.1 Å². The average molecular weight is 336 g/mol. The molecule has 1 aliphatic rings. The number of nitro groups is 1. The first-order valence-electron chi connectivity index (χ1n) is 7.68. The van der Waals surface area contributed by atoms with Crippen molar-refractivity contribution in [3.05, 3.63) is 39.9 Å². The van der Waals surface area contributed by atoms with Crippen molar-refractivity contribution in [2.45, 2.75) is 37.8 Å². The van der Waals surface area contributed by atoms with E-state index in [1.165, 1.54) is 12.1 Å². The van der Waals surface area contributed by atoms with Crippen LogP contribution >= 0.6 is 0 Å². The first kappa shape index (κ1) is 17.9. The fourth-order valence-electron chi connectivity index (χ4n) is 2.97. The monoisotopic (exact) mass is 336 g/mol. The van der Waals surface area contributed by atoms with Crippen LogP contribution in [0.5, 0.6) is 0 Å². The van der Waals surface area contributed by atoms with E-state index in [1.807, 2.05) is 0 Å². The topological polar surface area (TPSA) is 110 Å². The molecule has 1 heterocycles. The third kappa shape index (κ3) is 4.51. The predicted octanol–water partition coefficient (Wildman–Crippen LogP) is 1.62. The number of carbonyl (C=O) groups excluding carboxylic acids is 1. The lowest BCUT2D eigenvalue weighted by Gasteiger charge is -2.23. The fourth-order valence-corrected chi connectivity index (χ4v) is 2.97. The molecular weight excluding hydrogens is 316 g/mol. The predicted molar refractivity (Wildman–Crippen MR) is 84.6 cm³/mol. The lowest BCUT2D eigenvalue weighted by molar-refractivity contribution is -0.384. The van der Waals surface area contributed by atoms with Crippen LogP contribution in [-0.2, 0) is 20.7 Å². The molecule has 1 saturated heterocycles. The third-order valence-electron chi connectivity index (χ3n) is 4.19. The number of benzene rings is 1. The van der Waals surface area contributed by atoms with Gasteiger partial charge in [-0.15, -0.1) is 0 Å². The Kier molecular flexibility index (Phi) is 5.86. The van der Waals surface area contributed by atoms with Gasteiger partial charge in [0.15, 0.2) is 0 Å². The fraction of sp³-hybridized carbons (Fsp3) is 0.500. The van der Waals surface area contributed by atoms with Crippen molar-refractivity contribution in [2.24, 2.45) is 0 Å². The van der Waals surface area contributed by atoms with Gasteiger partial charge < -0.3 is 14.7 Å². The van der Waals surface area contributed by atoms with Crippen molar-refractivity contribution < 1.29 is 24.4 Å². The Hall–Kier alpha value is -2.48. The van der Waals surface area contributed by atoms with E-state index in [-0.39, 0.29) is 36.6 Å². The summed E-state index contributed by atoms with van der Waals surface area (Å²) in [6.45, 7) is 0.377. The number of hydrogen-bond acceptors (Lipinski definition) is 5. The second kappa shape index (κ2) is 7.87. The highest BCUT2D eigenvalue weighted by Gasteiger charge is 2.36. The molecule has 0 saturated carbocycles. The van der Waals surface area contributed by atoms with Crippen molar-refractivity contribution >= 4 is 17.6 Å². The number of likely N-dealkylation sites (tertiary alicyclic amines) is 1. The Morgan fingerprint density at radius 2 is 2.21 bits per heavy atom. The Morgan fingerprint density at radius 3 is 2.83 bits per heavy atom. The molecule has 0 spiro atoms. The van der Waals surface area contributed by atoms with E-state index in [4.69, 9.17) is 9.84 Å². The van der Waals surface area contributed by atoms with Gasteiger partial charge in [-0.25, -0.2) is 0 Å². The number of rotatable bonds is 7. The van der Waals surface area contributed by atoms with Crippen molar-refractivity contribution in [2.75, 3.05) is 13.7 Å². The standard InChI is InChI=1S/C16H20N2O6/c1-24-14-8-13(9-16(20)21)17(10-14)15(19)6-5-11-3-2-4-12(7-11)18(22)23/h2-4,7,13-14H,5-6,8-10H2,1H3,(H,20,21). The number of carboxylic acid groups (broad SMARTS) is 1. The summed E-state index contributed by atoms with van der Waals surface area (Å²) in [6.07, 6.45) is 0.784. The van der Waals surface area contributed by atoms with Gasteiger partial charge in [-0.2, -0.15) is 0 Å². The number of ether oxygens (including phenoxy) is 1. The van der Waals surface area contributed by atoms with E-state index in [0.29, 0.717) is 24.9 Å². The van der Waals surface area contributed by atoms with Gasteiger partial charge in [0.05, 0.1) is 17.4 Å². The highest BCUT2D eigenvalue weighted by molar-refractivity contribution is 5.78. The van der Waals surface area contributed by atoms with Gasteiger partial charge in [0.25, 0.3) is 5.69 Å². The first-order chi connectivity index (χ1) is 11.4. The third-order valence-corrected chi connectivity index (χ3v) is 4.19. The molecule has 130 valence electrons. The highest BCUT2D eigenvalue weighted by atomic mass is 16.6. The van der Waals surface area contributed by atoms with Gasteiger partial charge in [0.1, 0.15) is 0 Å². The molecule has 8 nitrogen and oxygen atoms in total. The minimum Gasteiger partial charge on any atom is -0.481 e. The zero-order valence-corrected chi connectivity index (χ0v) is 13.4. The number of amides is 1. The summed E-state index contributed by atoms with van der Waals surface area (Å²) < 4.78 is 5.25. The lowest BCUT2D eigenvalue weighted by atomic mass is 10.1. The molecule has 2 rings (SSSR count). The summed E-state index contributed by atoms with van der Waals surface area (Å²) in [5, 5.41) is 19.8. The van der Waals surface area contributed by atoms with Crippen LogP contribution in [0, 0.1) is 10.1 Å². The molecule has 24 heavy (non-hydrogen) atoms. The zero-order valence-electron chi connectivity index (χ0n) is 13.4. The first-order valence-corrected chi connectivity index (χ1v) is 7.68. The van der Waals surface area contributed by atoms with E-state index >= 15 is 0 Å². The van der Waals surface area contributed by atoms with Gasteiger partial charge in [0.2, 0.25) is 5.91 Å². The van der Waals surface area contributed by atoms with Crippen LogP contribution in [0.3, 0.4) is 0 Å². The molecule has 1 aliphatic heterocycles. The number of non-ortho nitro benzene ring substituents is 1. The number of aryl methyl sites for hydroxylation is 1. The molecule has 1 N–H and O–H groups in total. The number of aliphatic carboxylic acids is 1. The van der Waals surface area contributed by atoms with Crippen LogP contribution in [0.4, 0.5) is 5.69 Å². The molecule has 1 fully saturated rings. The Balaban J connectivity index is 1.98. The highest BCUT2D eigenvalue weighted by Crippen LogP contribution is 2.24. The Labute approximate surface area is 139 Å². The lowest BCUT2D eigenvalue weighted by Crippen LogP contribution is -2.37. The van der Waals surface area contributed by atoms with Crippen molar-refractivity contribution in [3.8, 4) is 0 Å². The molecule has 0 bridgehead atoms. The summed E-state index contributed by atoms with van der Waals surface area (Å²) in [5.41, 5.74) is 0.694. The van der Waals surface area contributed by atoms with Gasteiger partial charge in [-0.05, 0) is 18.4 Å². The molecule has 0 aromatic heterocycles. The maximum Gasteiger partial charge on any atom is 0.305 e. The maximum absolute atomic E-state index is 12.4. The van der Waals surface area contributed by atoms with E-state index < -0.39 is 10.9 Å². The summed E-state index contributed by atoms with van der Waals surface area (Å²) in [5.74, 6) is -1.11. The molecule has 1 amide bonds. The number of hydrogen-bond donors (Lipinski definition) is 1. The molecule has 2 unspecified atom stereocenters. The van der Waals surface area contributed by atoms with E-state index in [9.17, 15) is 19.7 Å². The Morgan fingerprint density at radius 1 is 1.46 bits per heavy atom. The zero-order chi connectivity index (χ0) is 17.7. The number of nitrogens with zero attached hydrogens (tertiary/aromatic N) is 2. The summed E-state index contributed by atoms with van der Waals surface area (Å²) in [4.78, 5) is 35.2.